The second-order valence-electron chi connectivity index (χ2n) is 2.58. The molecule has 1 aromatic rings. The van der Waals surface area contributed by atoms with E-state index in [4.69, 9.17) is 9.47 Å². The van der Waals surface area contributed by atoms with Gasteiger partial charge in [-0.2, -0.15) is 0 Å². The number of rotatable bonds is 2. The molecule has 0 amide bonds. The summed E-state index contributed by atoms with van der Waals surface area (Å²) in [6.45, 7) is 1.58. The van der Waals surface area contributed by atoms with Crippen molar-refractivity contribution in [1.82, 2.24) is 0 Å². The zero-order valence-corrected chi connectivity index (χ0v) is 7.75. The van der Waals surface area contributed by atoms with E-state index >= 15 is 0 Å². The predicted octanol–water partition coefficient (Wildman–Crippen LogP) is 1.86. The number of hydrogen-bond donors (Lipinski definition) is 1. The summed E-state index contributed by atoms with van der Waals surface area (Å²) in [4.78, 5) is 0. The van der Waals surface area contributed by atoms with Crippen LogP contribution in [0.5, 0.6) is 23.0 Å². The van der Waals surface area contributed by atoms with Crippen LogP contribution in [0.4, 0.5) is 0 Å². The maximum Gasteiger partial charge on any atom is 0.201 e. The average molecular weight is 183 g/mol. The molecule has 0 atom stereocenters. The smallest absolute Gasteiger partial charge is 0.201 e. The van der Waals surface area contributed by atoms with Crippen LogP contribution < -0.4 is 9.47 Å². The van der Waals surface area contributed by atoms with Gasteiger partial charge in [0, 0.05) is 11.6 Å². The fourth-order valence-corrected chi connectivity index (χ4v) is 1.10. The zero-order valence-electron chi connectivity index (χ0n) is 7.75. The highest BCUT2D eigenvalue weighted by Crippen LogP contribution is 2.43. The lowest BCUT2D eigenvalue weighted by Crippen LogP contribution is -1.91. The van der Waals surface area contributed by atoms with Gasteiger partial charge >= 0.3 is 0 Å². The lowest BCUT2D eigenvalue weighted by molar-refractivity contribution is 0.315. The number of phenols is 1. The molecule has 0 aliphatic carbocycles. The number of ether oxygens (including phenoxy) is 2. The Morgan fingerprint density at radius 2 is 1.92 bits per heavy atom. The number of aromatic hydroxyl groups is 1. The summed E-state index contributed by atoms with van der Waals surface area (Å²) < 4.78 is 9.66. The van der Waals surface area contributed by atoms with Gasteiger partial charge in [-0.3, -0.25) is 5.11 Å². The third kappa shape index (κ3) is 1.47. The van der Waals surface area contributed by atoms with Gasteiger partial charge < -0.3 is 14.6 Å². The van der Waals surface area contributed by atoms with Crippen molar-refractivity contribution in [1.29, 1.82) is 0 Å². The fraction of sp³-hybridized carbons (Fsp3) is 0.333. The molecule has 4 nitrogen and oxygen atoms in total. The molecule has 0 spiro atoms. The molecule has 0 fully saturated rings. The highest BCUT2D eigenvalue weighted by molar-refractivity contribution is 5.59. The first kappa shape index (κ1) is 9.51. The predicted molar refractivity (Wildman–Crippen MR) is 46.1 cm³/mol. The topological polar surface area (TPSA) is 58.6 Å². The van der Waals surface area contributed by atoms with Gasteiger partial charge in [-0.25, -0.2) is 0 Å². The van der Waals surface area contributed by atoms with Crippen molar-refractivity contribution in [2.75, 3.05) is 14.2 Å². The van der Waals surface area contributed by atoms with Crippen molar-refractivity contribution in [3.8, 4) is 23.0 Å². The van der Waals surface area contributed by atoms with Crippen LogP contribution in [0, 0.1) is 6.92 Å². The van der Waals surface area contributed by atoms with E-state index in [1.807, 2.05) is 0 Å². The van der Waals surface area contributed by atoms with Crippen LogP contribution in [-0.2, 0) is 5.11 Å². The van der Waals surface area contributed by atoms with Crippen molar-refractivity contribution < 1.29 is 19.7 Å². The van der Waals surface area contributed by atoms with Crippen molar-refractivity contribution in [3.05, 3.63) is 11.6 Å². The van der Waals surface area contributed by atoms with Crippen molar-refractivity contribution in [2.45, 2.75) is 6.92 Å². The van der Waals surface area contributed by atoms with Gasteiger partial charge in [0.05, 0.1) is 14.2 Å². The third-order valence-electron chi connectivity index (χ3n) is 1.84. The molecular formula is C9H11O4. The molecule has 0 aliphatic rings. The number of phenolic OH excluding ortho intramolecular Hbond substituents is 1. The van der Waals surface area contributed by atoms with Crippen molar-refractivity contribution in [2.24, 2.45) is 0 Å². The summed E-state index contributed by atoms with van der Waals surface area (Å²) in [7, 11) is 2.77. The molecule has 0 aromatic heterocycles. The molecular weight excluding hydrogens is 172 g/mol. The van der Waals surface area contributed by atoms with Crippen molar-refractivity contribution >= 4 is 0 Å². The van der Waals surface area contributed by atoms with E-state index in [-0.39, 0.29) is 23.0 Å². The molecule has 4 heteroatoms. The molecule has 1 radical (unpaired) electrons. The van der Waals surface area contributed by atoms with E-state index in [0.717, 1.165) is 0 Å². The first-order chi connectivity index (χ1) is 6.11. The largest absolute Gasteiger partial charge is 0.502 e. The van der Waals surface area contributed by atoms with Crippen LogP contribution in [0.1, 0.15) is 5.56 Å². The zero-order chi connectivity index (χ0) is 10.0. The Balaban J connectivity index is 3.39. The van der Waals surface area contributed by atoms with Crippen LogP contribution >= 0.6 is 0 Å². The van der Waals surface area contributed by atoms with Gasteiger partial charge in [-0.15, -0.1) is 0 Å². The second kappa shape index (κ2) is 3.43. The fourth-order valence-electron chi connectivity index (χ4n) is 1.10. The Bertz CT molecular complexity index is 320. The number of hydrogen-bond acceptors (Lipinski definition) is 3. The molecule has 0 aliphatic heterocycles. The van der Waals surface area contributed by atoms with E-state index < -0.39 is 0 Å². The summed E-state index contributed by atoms with van der Waals surface area (Å²) >= 11 is 0. The number of methoxy groups -OCH3 is 2. The van der Waals surface area contributed by atoms with Gasteiger partial charge in [0.2, 0.25) is 5.75 Å². The molecule has 1 rings (SSSR count). The van der Waals surface area contributed by atoms with E-state index in [2.05, 4.69) is 0 Å². The molecule has 0 heterocycles. The normalized spacial score (nSPS) is 9.77. The van der Waals surface area contributed by atoms with Gasteiger partial charge in [-0.05, 0) is 6.92 Å². The minimum atomic E-state index is -0.216. The van der Waals surface area contributed by atoms with Crippen LogP contribution in [0.25, 0.3) is 0 Å². The quantitative estimate of drug-likeness (QED) is 0.761. The van der Waals surface area contributed by atoms with Gasteiger partial charge in [0.1, 0.15) is 0 Å². The summed E-state index contributed by atoms with van der Waals surface area (Å²) in [5.74, 6) is -0.0506. The monoisotopic (exact) mass is 183 g/mol. The standard InChI is InChI=1S/C9H11O4/c1-5-6(10)4-7(12-2)8(11)9(5)13-3/h4,11H,1-3H3. The molecule has 0 saturated heterocycles. The Morgan fingerprint density at radius 3 is 2.38 bits per heavy atom. The lowest BCUT2D eigenvalue weighted by atomic mass is 10.1. The Hall–Kier alpha value is -1.58. The number of benzene rings is 1. The molecule has 0 bridgehead atoms. The Kier molecular flexibility index (Phi) is 2.51. The maximum atomic E-state index is 11.3. The van der Waals surface area contributed by atoms with E-state index in [1.54, 1.807) is 6.92 Å². The second-order valence-corrected chi connectivity index (χ2v) is 2.58. The third-order valence-corrected chi connectivity index (χ3v) is 1.84. The summed E-state index contributed by atoms with van der Waals surface area (Å²) in [5, 5.41) is 20.8. The minimum absolute atomic E-state index is 0.132. The summed E-state index contributed by atoms with van der Waals surface area (Å²) in [6, 6.07) is 1.23. The summed E-state index contributed by atoms with van der Waals surface area (Å²) in [6.07, 6.45) is 0. The van der Waals surface area contributed by atoms with Gasteiger partial charge in [0.25, 0.3) is 0 Å². The van der Waals surface area contributed by atoms with Crippen molar-refractivity contribution in [3.63, 3.8) is 0 Å². The molecule has 13 heavy (non-hydrogen) atoms. The van der Waals surface area contributed by atoms with Gasteiger partial charge in [0.15, 0.2) is 17.2 Å². The molecule has 1 aromatic carbocycles. The lowest BCUT2D eigenvalue weighted by Gasteiger charge is -2.10. The molecule has 0 unspecified atom stereocenters. The van der Waals surface area contributed by atoms with E-state index in [0.29, 0.717) is 5.56 Å². The highest BCUT2D eigenvalue weighted by Gasteiger charge is 2.16. The van der Waals surface area contributed by atoms with E-state index in [1.165, 1.54) is 20.3 Å². The maximum absolute atomic E-state index is 11.3. The minimum Gasteiger partial charge on any atom is -0.502 e. The molecule has 0 saturated carbocycles. The molecule has 1 N–H and O–H groups in total. The van der Waals surface area contributed by atoms with Crippen LogP contribution in [-0.4, -0.2) is 19.3 Å². The molecule has 71 valence electrons. The van der Waals surface area contributed by atoms with Crippen LogP contribution in [0.15, 0.2) is 6.07 Å². The SMILES string of the molecule is COc1cc([O])c(C)c(OC)c1O. The Labute approximate surface area is 76.3 Å². The average Bonchev–Trinajstić information content (AvgIpc) is 2.12. The first-order valence-corrected chi connectivity index (χ1v) is 3.73. The summed E-state index contributed by atoms with van der Waals surface area (Å²) in [5.41, 5.74) is 0.376. The highest BCUT2D eigenvalue weighted by atomic mass is 16.5. The van der Waals surface area contributed by atoms with Gasteiger partial charge in [-0.1, -0.05) is 0 Å². The van der Waals surface area contributed by atoms with Crippen LogP contribution in [0.2, 0.25) is 0 Å². The van der Waals surface area contributed by atoms with E-state index in [9.17, 15) is 10.2 Å². The first-order valence-electron chi connectivity index (χ1n) is 3.73. The van der Waals surface area contributed by atoms with Crippen LogP contribution in [0.3, 0.4) is 0 Å². The Morgan fingerprint density at radius 1 is 1.31 bits per heavy atom.